The van der Waals surface area contributed by atoms with Gasteiger partial charge < -0.3 is 5.32 Å². The third-order valence-electron chi connectivity index (χ3n) is 3.54. The van der Waals surface area contributed by atoms with Gasteiger partial charge in [-0.2, -0.15) is 0 Å². The third-order valence-corrected chi connectivity index (χ3v) is 4.52. The summed E-state index contributed by atoms with van der Waals surface area (Å²) in [6.07, 6.45) is 3.93. The minimum absolute atomic E-state index is 0.135. The molecular weight excluding hydrogens is 283 g/mol. The third kappa shape index (κ3) is 2.82. The van der Waals surface area contributed by atoms with Crippen LogP contribution in [0.5, 0.6) is 0 Å². The highest BCUT2D eigenvalue weighted by Gasteiger charge is 2.20. The zero-order valence-corrected chi connectivity index (χ0v) is 12.7. The molecule has 0 amide bonds. The molecule has 0 aliphatic heterocycles. The zero-order chi connectivity index (χ0) is 14.7. The molecule has 4 heteroatoms. The molecule has 0 bridgehead atoms. The van der Waals surface area contributed by atoms with E-state index < -0.39 is 0 Å². The number of thiophene rings is 1. The molecule has 0 aliphatic rings. The van der Waals surface area contributed by atoms with Crippen molar-refractivity contribution in [3.8, 4) is 0 Å². The first-order chi connectivity index (χ1) is 10.3. The minimum atomic E-state index is -0.263. The molecule has 1 atom stereocenters. The Kier molecular flexibility index (Phi) is 4.27. The molecule has 0 aliphatic carbocycles. The van der Waals surface area contributed by atoms with Crippen molar-refractivity contribution in [2.75, 3.05) is 6.54 Å². The Morgan fingerprint density at radius 3 is 2.90 bits per heavy atom. The van der Waals surface area contributed by atoms with Crippen LogP contribution in [0.4, 0.5) is 4.39 Å². The summed E-state index contributed by atoms with van der Waals surface area (Å²) >= 11 is 1.70. The maximum absolute atomic E-state index is 14.2. The van der Waals surface area contributed by atoms with Crippen LogP contribution in [0.1, 0.15) is 30.5 Å². The van der Waals surface area contributed by atoms with Crippen molar-refractivity contribution in [1.29, 1.82) is 0 Å². The number of nitrogens with one attached hydrogen (secondary N) is 1. The fourth-order valence-electron chi connectivity index (χ4n) is 2.52. The first-order valence-corrected chi connectivity index (χ1v) is 7.98. The highest BCUT2D eigenvalue weighted by molar-refractivity contribution is 7.17. The molecule has 0 radical (unpaired) electrons. The summed E-state index contributed by atoms with van der Waals surface area (Å²) in [7, 11) is 0. The molecule has 1 N–H and O–H groups in total. The summed E-state index contributed by atoms with van der Waals surface area (Å²) in [5.41, 5.74) is 1.79. The number of pyridine rings is 1. The number of halogens is 1. The summed E-state index contributed by atoms with van der Waals surface area (Å²) in [5.74, 6) is -0.263. The fraction of sp³-hybridized carbons (Fsp3) is 0.235. The fourth-order valence-corrected chi connectivity index (χ4v) is 3.51. The van der Waals surface area contributed by atoms with Crippen LogP contribution in [0.15, 0.2) is 48.1 Å². The van der Waals surface area contributed by atoms with Crippen LogP contribution < -0.4 is 5.32 Å². The monoisotopic (exact) mass is 300 g/mol. The Morgan fingerprint density at radius 2 is 2.10 bits per heavy atom. The van der Waals surface area contributed by atoms with E-state index in [9.17, 15) is 4.39 Å². The quantitative estimate of drug-likeness (QED) is 0.749. The van der Waals surface area contributed by atoms with Gasteiger partial charge in [-0.05, 0) is 41.4 Å². The smallest absolute Gasteiger partial charge is 0.146 e. The lowest BCUT2D eigenvalue weighted by Gasteiger charge is -2.19. The predicted molar refractivity (Wildman–Crippen MR) is 86.2 cm³/mol. The first-order valence-electron chi connectivity index (χ1n) is 7.10. The van der Waals surface area contributed by atoms with Crippen molar-refractivity contribution in [2.45, 2.75) is 19.4 Å². The number of benzene rings is 1. The lowest BCUT2D eigenvalue weighted by atomic mass is 9.98. The average Bonchev–Trinajstić information content (AvgIpc) is 2.93. The maximum Gasteiger partial charge on any atom is 0.146 e. The van der Waals surface area contributed by atoms with Gasteiger partial charge in [-0.3, -0.25) is 4.98 Å². The zero-order valence-electron chi connectivity index (χ0n) is 11.8. The van der Waals surface area contributed by atoms with Gasteiger partial charge in [0.1, 0.15) is 5.82 Å². The molecule has 1 unspecified atom stereocenters. The van der Waals surface area contributed by atoms with Crippen molar-refractivity contribution in [3.05, 3.63) is 65.0 Å². The molecular formula is C17H17FN2S. The van der Waals surface area contributed by atoms with Gasteiger partial charge in [0.05, 0.1) is 12.2 Å². The van der Waals surface area contributed by atoms with Crippen LogP contribution in [0.25, 0.3) is 10.1 Å². The summed E-state index contributed by atoms with van der Waals surface area (Å²) in [6.45, 7) is 2.95. The second-order valence-corrected chi connectivity index (χ2v) is 5.88. The van der Waals surface area contributed by atoms with Gasteiger partial charge in [-0.15, -0.1) is 11.3 Å². The minimum Gasteiger partial charge on any atom is -0.306 e. The van der Waals surface area contributed by atoms with Gasteiger partial charge in [-0.1, -0.05) is 25.1 Å². The van der Waals surface area contributed by atoms with Crippen molar-refractivity contribution in [2.24, 2.45) is 0 Å². The Hall–Kier alpha value is -1.78. The number of hydrogen-bond acceptors (Lipinski definition) is 3. The molecule has 0 fully saturated rings. The topological polar surface area (TPSA) is 24.9 Å². The van der Waals surface area contributed by atoms with Crippen molar-refractivity contribution in [3.63, 3.8) is 0 Å². The van der Waals surface area contributed by atoms with Crippen LogP contribution >= 0.6 is 11.3 Å². The van der Waals surface area contributed by atoms with Crippen molar-refractivity contribution in [1.82, 2.24) is 10.3 Å². The second-order valence-electron chi connectivity index (χ2n) is 4.97. The molecule has 1 aromatic carbocycles. The number of hydrogen-bond donors (Lipinski definition) is 1. The standard InChI is InChI=1S/C17H17FN2S/c1-2-8-20-17(13-7-9-19-10-15(13)18)14-11-21-16-6-4-3-5-12(14)16/h3-7,9-11,17,20H,2,8H2,1H3. The molecule has 0 saturated carbocycles. The van der Waals surface area contributed by atoms with Crippen LogP contribution in [-0.4, -0.2) is 11.5 Å². The van der Waals surface area contributed by atoms with Crippen LogP contribution in [0, 0.1) is 5.82 Å². The first kappa shape index (κ1) is 14.2. The molecule has 2 heterocycles. The number of fused-ring (bicyclic) bond motifs is 1. The molecule has 0 saturated heterocycles. The summed E-state index contributed by atoms with van der Waals surface area (Å²) in [6, 6.07) is 9.88. The van der Waals surface area contributed by atoms with Gasteiger partial charge in [-0.25, -0.2) is 4.39 Å². The van der Waals surface area contributed by atoms with Gasteiger partial charge in [0.15, 0.2) is 0 Å². The lowest BCUT2D eigenvalue weighted by Crippen LogP contribution is -2.24. The van der Waals surface area contributed by atoms with E-state index in [4.69, 9.17) is 0 Å². The van der Waals surface area contributed by atoms with Crippen LogP contribution in [0.3, 0.4) is 0 Å². The van der Waals surface area contributed by atoms with E-state index in [1.54, 1.807) is 23.6 Å². The molecule has 0 spiro atoms. The Balaban J connectivity index is 2.09. The van der Waals surface area contributed by atoms with E-state index in [1.165, 1.54) is 16.3 Å². The van der Waals surface area contributed by atoms with Crippen LogP contribution in [0.2, 0.25) is 0 Å². The number of rotatable bonds is 5. The summed E-state index contributed by atoms with van der Waals surface area (Å²) in [4.78, 5) is 3.85. The van der Waals surface area contributed by atoms with E-state index in [1.807, 2.05) is 12.1 Å². The number of nitrogens with zero attached hydrogens (tertiary/aromatic N) is 1. The summed E-state index contributed by atoms with van der Waals surface area (Å²) < 4.78 is 15.4. The normalized spacial score (nSPS) is 12.7. The van der Waals surface area contributed by atoms with E-state index in [-0.39, 0.29) is 11.9 Å². The number of aromatic nitrogens is 1. The van der Waals surface area contributed by atoms with E-state index in [2.05, 4.69) is 34.7 Å². The van der Waals surface area contributed by atoms with Crippen LogP contribution in [-0.2, 0) is 0 Å². The molecule has 108 valence electrons. The highest BCUT2D eigenvalue weighted by Crippen LogP contribution is 2.34. The Morgan fingerprint density at radius 1 is 1.24 bits per heavy atom. The summed E-state index contributed by atoms with van der Waals surface area (Å²) in [5, 5.41) is 6.77. The van der Waals surface area contributed by atoms with E-state index in [0.717, 1.165) is 18.5 Å². The SMILES string of the molecule is CCCNC(c1ccncc1F)c1csc2ccccc12. The molecule has 3 aromatic rings. The van der Waals surface area contributed by atoms with Gasteiger partial charge in [0.2, 0.25) is 0 Å². The Labute approximate surface area is 127 Å². The molecule has 2 aromatic heterocycles. The van der Waals surface area contributed by atoms with Crippen molar-refractivity contribution >= 4 is 21.4 Å². The average molecular weight is 300 g/mol. The maximum atomic E-state index is 14.2. The largest absolute Gasteiger partial charge is 0.306 e. The van der Waals surface area contributed by atoms with Crippen molar-refractivity contribution < 1.29 is 4.39 Å². The Bertz CT molecular complexity index is 738. The molecule has 21 heavy (non-hydrogen) atoms. The second kappa shape index (κ2) is 6.33. The lowest BCUT2D eigenvalue weighted by molar-refractivity contribution is 0.545. The predicted octanol–water partition coefficient (Wildman–Crippen LogP) is 4.52. The van der Waals surface area contributed by atoms with E-state index in [0.29, 0.717) is 5.56 Å². The molecule has 2 nitrogen and oxygen atoms in total. The van der Waals surface area contributed by atoms with E-state index >= 15 is 0 Å². The molecule has 3 rings (SSSR count). The van der Waals surface area contributed by atoms with Gasteiger partial charge in [0, 0.05) is 16.5 Å². The van der Waals surface area contributed by atoms with Gasteiger partial charge >= 0.3 is 0 Å². The highest BCUT2D eigenvalue weighted by atomic mass is 32.1. The van der Waals surface area contributed by atoms with Gasteiger partial charge in [0.25, 0.3) is 0 Å².